The molecule has 0 unspecified atom stereocenters. The summed E-state index contributed by atoms with van der Waals surface area (Å²) < 4.78 is 0. The molecule has 0 amide bonds. The summed E-state index contributed by atoms with van der Waals surface area (Å²) in [6.07, 6.45) is 4.14. The zero-order valence-electron chi connectivity index (χ0n) is 8.86. The van der Waals surface area contributed by atoms with Gasteiger partial charge in [-0.05, 0) is 12.8 Å². The smallest absolute Gasteiger partial charge is 0.303 e. The Bertz CT molecular complexity index is 411. The first-order chi connectivity index (χ1) is 7.75. The molecule has 86 valence electrons. The van der Waals surface area contributed by atoms with E-state index in [1.165, 1.54) is 0 Å². The summed E-state index contributed by atoms with van der Waals surface area (Å²) in [6.45, 7) is 0.723. The van der Waals surface area contributed by atoms with Gasteiger partial charge in [-0.2, -0.15) is 0 Å². The van der Waals surface area contributed by atoms with Crippen molar-refractivity contribution in [2.24, 2.45) is 4.99 Å². The van der Waals surface area contributed by atoms with Gasteiger partial charge < -0.3 is 15.4 Å². The number of hydrogen-bond acceptors (Lipinski definition) is 4. The summed E-state index contributed by atoms with van der Waals surface area (Å²) in [7, 11) is 0. The maximum absolute atomic E-state index is 10.3. The van der Waals surface area contributed by atoms with Gasteiger partial charge in [0.25, 0.3) is 0 Å². The molecule has 0 saturated heterocycles. The molecule has 1 aromatic heterocycles. The lowest BCUT2D eigenvalue weighted by atomic mass is 10.2. The van der Waals surface area contributed by atoms with Gasteiger partial charge in [0.05, 0.1) is 18.6 Å². The molecule has 0 radical (unpaired) electrons. The number of aromatic amines is 1. The maximum atomic E-state index is 10.3. The van der Waals surface area contributed by atoms with Crippen molar-refractivity contribution in [2.75, 3.05) is 0 Å². The molecule has 0 fully saturated rings. The third kappa shape index (κ3) is 2.59. The molecule has 0 spiro atoms. The van der Waals surface area contributed by atoms with Crippen molar-refractivity contribution in [1.29, 1.82) is 0 Å². The Morgan fingerprint density at radius 3 is 3.12 bits per heavy atom. The lowest BCUT2D eigenvalue weighted by Crippen LogP contribution is -2.13. The number of rotatable bonds is 5. The van der Waals surface area contributed by atoms with Crippen molar-refractivity contribution in [3.63, 3.8) is 0 Å². The Hall–Kier alpha value is -1.85. The lowest BCUT2D eigenvalue weighted by Gasteiger charge is -2.02. The van der Waals surface area contributed by atoms with Crippen LogP contribution in [0.5, 0.6) is 0 Å². The predicted molar refractivity (Wildman–Crippen MR) is 58.8 cm³/mol. The zero-order valence-corrected chi connectivity index (χ0v) is 8.86. The molecule has 0 saturated carbocycles. The molecule has 0 aromatic carbocycles. The van der Waals surface area contributed by atoms with Gasteiger partial charge in [0.1, 0.15) is 5.82 Å². The van der Waals surface area contributed by atoms with Crippen molar-refractivity contribution < 1.29 is 9.90 Å². The molecule has 2 heterocycles. The molecule has 0 aliphatic carbocycles. The van der Waals surface area contributed by atoms with Crippen LogP contribution in [0.2, 0.25) is 0 Å². The number of H-pyrrole nitrogens is 1. The molecule has 16 heavy (non-hydrogen) atoms. The van der Waals surface area contributed by atoms with Gasteiger partial charge in [-0.1, -0.05) is 0 Å². The Labute approximate surface area is 92.8 Å². The highest BCUT2D eigenvalue weighted by Crippen LogP contribution is 2.18. The van der Waals surface area contributed by atoms with Gasteiger partial charge in [-0.15, -0.1) is 0 Å². The number of imidazole rings is 1. The average Bonchev–Trinajstić information content (AvgIpc) is 2.66. The topological polar surface area (TPSA) is 90.4 Å². The summed E-state index contributed by atoms with van der Waals surface area (Å²) in [5.74, 6) is 0.885. The summed E-state index contributed by atoms with van der Waals surface area (Å²) in [6, 6.07) is 0. The fourth-order valence-corrected chi connectivity index (χ4v) is 1.62. The molecule has 0 bridgehead atoms. The van der Waals surface area contributed by atoms with E-state index in [0.717, 1.165) is 36.7 Å². The van der Waals surface area contributed by atoms with Gasteiger partial charge in [0.15, 0.2) is 5.82 Å². The number of hydrogen-bond donors (Lipinski definition) is 3. The molecule has 1 aliphatic heterocycles. The second-order valence-corrected chi connectivity index (χ2v) is 3.73. The van der Waals surface area contributed by atoms with E-state index in [9.17, 15) is 4.79 Å². The summed E-state index contributed by atoms with van der Waals surface area (Å²) in [5.41, 5.74) is 0.996. The van der Waals surface area contributed by atoms with E-state index in [2.05, 4.69) is 20.3 Å². The lowest BCUT2D eigenvalue weighted by molar-refractivity contribution is -0.137. The summed E-state index contributed by atoms with van der Waals surface area (Å²) >= 11 is 0. The normalized spacial score (nSPS) is 13.2. The minimum absolute atomic E-state index is 0.222. The van der Waals surface area contributed by atoms with Crippen molar-refractivity contribution in [1.82, 2.24) is 15.3 Å². The van der Waals surface area contributed by atoms with Crippen LogP contribution in [-0.2, 0) is 17.8 Å². The monoisotopic (exact) mass is 222 g/mol. The van der Waals surface area contributed by atoms with Gasteiger partial charge in [0, 0.05) is 12.8 Å². The fraction of sp³-hybridized carbons (Fsp3) is 0.500. The average molecular weight is 222 g/mol. The highest BCUT2D eigenvalue weighted by Gasteiger charge is 2.11. The van der Waals surface area contributed by atoms with Gasteiger partial charge in [0.2, 0.25) is 0 Å². The largest absolute Gasteiger partial charge is 0.481 e. The first kappa shape index (κ1) is 10.7. The summed E-state index contributed by atoms with van der Waals surface area (Å²) in [4.78, 5) is 21.9. The third-order valence-electron chi connectivity index (χ3n) is 2.42. The van der Waals surface area contributed by atoms with Crippen molar-refractivity contribution in [3.8, 4) is 0 Å². The minimum atomic E-state index is -0.743. The molecule has 6 heteroatoms. The van der Waals surface area contributed by atoms with Crippen LogP contribution < -0.4 is 5.32 Å². The van der Waals surface area contributed by atoms with Crippen LogP contribution in [0.4, 0.5) is 5.82 Å². The van der Waals surface area contributed by atoms with Gasteiger partial charge in [-0.3, -0.25) is 4.79 Å². The fourth-order valence-electron chi connectivity index (χ4n) is 1.62. The highest BCUT2D eigenvalue weighted by molar-refractivity contribution is 5.66. The molecule has 2 rings (SSSR count). The standard InChI is InChI=1S/C10H14N4O2/c15-9(16)4-2-1-3-8-13-7-5-11-6-12-10(7)14-8/h6H,1-5H2,(H,11,12)(H,13,14)(H,15,16). The molecule has 1 aromatic rings. The molecule has 6 nitrogen and oxygen atoms in total. The van der Waals surface area contributed by atoms with Crippen molar-refractivity contribution in [2.45, 2.75) is 32.2 Å². The summed E-state index contributed by atoms with van der Waals surface area (Å²) in [5, 5.41) is 11.5. The van der Waals surface area contributed by atoms with Crippen molar-refractivity contribution in [3.05, 3.63) is 11.5 Å². The number of carboxylic acids is 1. The number of aromatic nitrogens is 2. The molecular formula is C10H14N4O2. The predicted octanol–water partition coefficient (Wildman–Crippen LogP) is 0.970. The van der Waals surface area contributed by atoms with Crippen LogP contribution in [-0.4, -0.2) is 27.4 Å². The van der Waals surface area contributed by atoms with E-state index in [-0.39, 0.29) is 6.42 Å². The maximum Gasteiger partial charge on any atom is 0.303 e. The van der Waals surface area contributed by atoms with E-state index in [0.29, 0.717) is 6.42 Å². The van der Waals surface area contributed by atoms with Crippen LogP contribution in [0.3, 0.4) is 0 Å². The number of aryl methyl sites for hydroxylation is 1. The zero-order chi connectivity index (χ0) is 11.4. The number of carboxylic acid groups (broad SMARTS) is 1. The molecular weight excluding hydrogens is 208 g/mol. The van der Waals surface area contributed by atoms with Gasteiger partial charge >= 0.3 is 5.97 Å². The Balaban J connectivity index is 1.84. The van der Waals surface area contributed by atoms with Crippen LogP contribution >= 0.6 is 0 Å². The van der Waals surface area contributed by atoms with Crippen LogP contribution in [0.25, 0.3) is 0 Å². The molecule has 3 N–H and O–H groups in total. The number of carbonyl (C=O) groups is 1. The number of nitrogens with one attached hydrogen (secondary N) is 2. The first-order valence-corrected chi connectivity index (χ1v) is 5.31. The number of aliphatic imine (C=N–C) groups is 1. The number of unbranched alkanes of at least 4 members (excludes halogenated alkanes) is 1. The highest BCUT2D eigenvalue weighted by atomic mass is 16.4. The molecule has 0 atom stereocenters. The van der Waals surface area contributed by atoms with E-state index in [1.54, 1.807) is 6.34 Å². The van der Waals surface area contributed by atoms with Crippen LogP contribution in [0, 0.1) is 0 Å². The van der Waals surface area contributed by atoms with E-state index >= 15 is 0 Å². The van der Waals surface area contributed by atoms with E-state index in [1.807, 2.05) is 0 Å². The van der Waals surface area contributed by atoms with E-state index in [4.69, 9.17) is 5.11 Å². The van der Waals surface area contributed by atoms with E-state index < -0.39 is 5.97 Å². The first-order valence-electron chi connectivity index (χ1n) is 5.31. The molecule has 1 aliphatic rings. The Kier molecular flexibility index (Phi) is 3.19. The van der Waals surface area contributed by atoms with Crippen LogP contribution in [0.1, 0.15) is 30.8 Å². The van der Waals surface area contributed by atoms with Crippen LogP contribution in [0.15, 0.2) is 4.99 Å². The number of nitrogens with zero attached hydrogens (tertiary/aromatic N) is 2. The second-order valence-electron chi connectivity index (χ2n) is 3.73. The number of fused-ring (bicyclic) bond motifs is 1. The van der Waals surface area contributed by atoms with Crippen molar-refractivity contribution >= 4 is 18.1 Å². The SMILES string of the molecule is O=C(O)CCCCc1nc2c([nH]1)CNC=N2. The Morgan fingerprint density at radius 2 is 2.38 bits per heavy atom. The quantitative estimate of drug-likeness (QED) is 0.647. The Morgan fingerprint density at radius 1 is 1.50 bits per heavy atom. The third-order valence-corrected chi connectivity index (χ3v) is 2.42. The van der Waals surface area contributed by atoms with Gasteiger partial charge in [-0.25, -0.2) is 9.98 Å². The minimum Gasteiger partial charge on any atom is -0.481 e. The second kappa shape index (κ2) is 4.78. The number of aliphatic carboxylic acids is 1.